The summed E-state index contributed by atoms with van der Waals surface area (Å²) in [6.45, 7) is 3.26. The van der Waals surface area contributed by atoms with Crippen LogP contribution in [0.15, 0.2) is 48.8 Å². The fourth-order valence-corrected chi connectivity index (χ4v) is 5.48. The van der Waals surface area contributed by atoms with E-state index in [9.17, 15) is 15.3 Å². The van der Waals surface area contributed by atoms with E-state index in [2.05, 4.69) is 20.6 Å². The summed E-state index contributed by atoms with van der Waals surface area (Å²) in [5.74, 6) is 0.340. The topological polar surface area (TPSA) is 161 Å². The second-order valence-corrected chi connectivity index (χ2v) is 10.4. The highest BCUT2D eigenvalue weighted by atomic mass is 32.1. The number of benzene rings is 1. The number of aromatic nitrogens is 4. The molecule has 3 heterocycles. The Hall–Kier alpha value is -3.69. The highest BCUT2D eigenvalue weighted by Crippen LogP contribution is 2.38. The van der Waals surface area contributed by atoms with E-state index >= 15 is 0 Å². The molecule has 184 valence electrons. The van der Waals surface area contributed by atoms with Crippen molar-refractivity contribution in [3.05, 3.63) is 54.5 Å². The number of hydrogen-bond donors (Lipinski definition) is 5. The van der Waals surface area contributed by atoms with Crippen LogP contribution in [-0.2, 0) is 0 Å². The monoisotopic (exact) mass is 504 g/mol. The third-order valence-corrected chi connectivity index (χ3v) is 7.47. The third-order valence-electron chi connectivity index (χ3n) is 6.41. The number of rotatable bonds is 6. The molecule has 36 heavy (non-hydrogen) atoms. The van der Waals surface area contributed by atoms with Crippen molar-refractivity contribution in [1.82, 2.24) is 15.0 Å². The molecule has 0 aliphatic heterocycles. The summed E-state index contributed by atoms with van der Waals surface area (Å²) in [6.07, 6.45) is 1.48. The molecule has 0 unspecified atom stereocenters. The van der Waals surface area contributed by atoms with Gasteiger partial charge < -0.3 is 20.6 Å². The van der Waals surface area contributed by atoms with Gasteiger partial charge in [0.25, 0.3) is 0 Å². The van der Waals surface area contributed by atoms with Gasteiger partial charge in [0.1, 0.15) is 34.1 Å². The Morgan fingerprint density at radius 3 is 2.69 bits per heavy atom. The van der Waals surface area contributed by atoms with Crippen LogP contribution in [0.5, 0.6) is 0 Å². The fourth-order valence-electron chi connectivity index (χ4n) is 4.50. The minimum atomic E-state index is -1.16. The molecule has 0 bridgehead atoms. The number of nitrogens with one attached hydrogen (secondary N) is 3. The van der Waals surface area contributed by atoms with Gasteiger partial charge in [0.15, 0.2) is 0 Å². The van der Waals surface area contributed by atoms with Crippen LogP contribution in [0.2, 0.25) is 0 Å². The normalized spacial score (nSPS) is 21.9. The quantitative estimate of drug-likeness (QED) is 0.266. The van der Waals surface area contributed by atoms with Crippen LogP contribution < -0.4 is 15.6 Å². The van der Waals surface area contributed by atoms with E-state index in [4.69, 9.17) is 15.2 Å². The number of pyridine rings is 1. The molecule has 3 aromatic heterocycles. The molecule has 6 N–H and O–H groups in total. The number of thiazole rings is 1. The van der Waals surface area contributed by atoms with Gasteiger partial charge in [-0.15, -0.1) is 11.3 Å². The van der Waals surface area contributed by atoms with Crippen molar-refractivity contribution in [3.63, 3.8) is 0 Å². The molecule has 1 aliphatic carbocycles. The number of hydrogen-bond acceptors (Lipinski definition) is 10. The van der Waals surface area contributed by atoms with Crippen molar-refractivity contribution < 1.29 is 20.3 Å². The van der Waals surface area contributed by atoms with Crippen LogP contribution in [0.1, 0.15) is 26.0 Å². The lowest BCUT2D eigenvalue weighted by Crippen LogP contribution is -2.40. The summed E-state index contributed by atoms with van der Waals surface area (Å²) >= 11 is 1.52. The van der Waals surface area contributed by atoms with Gasteiger partial charge in [0.05, 0.1) is 34.2 Å². The smallest absolute Gasteiger partial charge is 0.390 e. The molecule has 0 saturated heterocycles. The summed E-state index contributed by atoms with van der Waals surface area (Å²) in [7, 11) is 0. The second kappa shape index (κ2) is 9.40. The maximum absolute atomic E-state index is 10.8. The molecule has 1 aliphatic rings. The van der Waals surface area contributed by atoms with Gasteiger partial charge in [-0.25, -0.2) is 20.3 Å². The first kappa shape index (κ1) is 24.0. The Bertz CT molecular complexity index is 1410. The fraction of sp³-hybridized carbons (Fsp3) is 0.320. The summed E-state index contributed by atoms with van der Waals surface area (Å²) in [5.41, 5.74) is 1.30. The van der Waals surface area contributed by atoms with Gasteiger partial charge in [0, 0.05) is 18.2 Å². The van der Waals surface area contributed by atoms with Crippen LogP contribution in [0.3, 0.4) is 0 Å². The maximum atomic E-state index is 10.8. The standard InChI is InChI=1S/C25H25N7O3S/c1-25(2,35)16-10-18(21(34)20(16)33)30-22-15(23-31-17-5-3-4-6-19(17)36-23)12-28-24(32-22)29-13-7-8-27-14(9-13)11-26/h3-9,12,16,18,20-21,33-35H,10H2,1-2H3,(H2,27,28,29,30,32)/p+1/t16-,18+,20+,21-/m0/s1. The number of H-pyrrole nitrogens is 1. The van der Waals surface area contributed by atoms with E-state index in [1.165, 1.54) is 17.5 Å². The largest absolute Gasteiger partial charge is 0.396 e. The van der Waals surface area contributed by atoms with Crippen molar-refractivity contribution in [2.24, 2.45) is 5.92 Å². The molecule has 10 nitrogen and oxygen atoms in total. The van der Waals surface area contributed by atoms with Crippen molar-refractivity contribution in [3.8, 4) is 16.6 Å². The van der Waals surface area contributed by atoms with Crippen LogP contribution in [0.25, 0.3) is 20.8 Å². The SMILES string of the molecule is CC(C)(O)[C@H]1C[C@@H](Nc2nc(Nc3ccnc(C#N)c3)[nH+]cc2-c2nc3ccccc3s2)[C@H](O)[C@@H]1O. The first-order valence-corrected chi connectivity index (χ1v) is 12.3. The number of aliphatic hydroxyl groups excluding tert-OH is 2. The predicted molar refractivity (Wildman–Crippen MR) is 135 cm³/mol. The maximum Gasteiger partial charge on any atom is 0.396 e. The lowest BCUT2D eigenvalue weighted by Gasteiger charge is -2.28. The zero-order valence-electron chi connectivity index (χ0n) is 19.7. The van der Waals surface area contributed by atoms with Gasteiger partial charge in [-0.1, -0.05) is 17.1 Å². The van der Waals surface area contributed by atoms with Crippen LogP contribution >= 0.6 is 11.3 Å². The Balaban J connectivity index is 1.52. The number of para-hydroxylation sites is 1. The zero-order valence-corrected chi connectivity index (χ0v) is 20.5. The minimum Gasteiger partial charge on any atom is -0.390 e. The molecule has 4 atom stereocenters. The molecular formula is C25H26N7O3S+. The number of aromatic amines is 1. The van der Waals surface area contributed by atoms with Gasteiger partial charge in [-0.05, 0) is 38.5 Å². The lowest BCUT2D eigenvalue weighted by molar-refractivity contribution is -0.363. The van der Waals surface area contributed by atoms with Crippen LogP contribution in [0, 0.1) is 17.2 Å². The number of aliphatic hydroxyl groups is 3. The van der Waals surface area contributed by atoms with E-state index in [-0.39, 0.29) is 5.69 Å². The van der Waals surface area contributed by atoms with Crippen molar-refractivity contribution in [2.75, 3.05) is 10.6 Å². The number of anilines is 3. The minimum absolute atomic E-state index is 0.269. The van der Waals surface area contributed by atoms with Gasteiger partial charge in [-0.2, -0.15) is 5.26 Å². The Kier molecular flexibility index (Phi) is 6.27. The average Bonchev–Trinajstić information content (AvgIpc) is 3.41. The Morgan fingerprint density at radius 2 is 1.97 bits per heavy atom. The van der Waals surface area contributed by atoms with Gasteiger partial charge in [-0.3, -0.25) is 0 Å². The summed E-state index contributed by atoms with van der Waals surface area (Å²) in [6, 6.07) is 12.6. The molecule has 11 heteroatoms. The van der Waals surface area contributed by atoms with E-state index in [0.29, 0.717) is 29.4 Å². The molecule has 1 fully saturated rings. The predicted octanol–water partition coefficient (Wildman–Crippen LogP) is 2.48. The number of nitriles is 1. The summed E-state index contributed by atoms with van der Waals surface area (Å²) in [5, 5.41) is 48.1. The van der Waals surface area contributed by atoms with Crippen LogP contribution in [-0.4, -0.2) is 54.1 Å². The summed E-state index contributed by atoms with van der Waals surface area (Å²) < 4.78 is 1.03. The van der Waals surface area contributed by atoms with E-state index in [1.54, 1.807) is 32.2 Å². The van der Waals surface area contributed by atoms with E-state index in [0.717, 1.165) is 15.2 Å². The van der Waals surface area contributed by atoms with Crippen LogP contribution in [0.4, 0.5) is 17.5 Å². The first-order valence-electron chi connectivity index (χ1n) is 11.5. The van der Waals surface area contributed by atoms with Gasteiger partial charge in [0.2, 0.25) is 5.82 Å². The molecule has 0 amide bonds. The molecule has 0 spiro atoms. The lowest BCUT2D eigenvalue weighted by atomic mass is 9.88. The summed E-state index contributed by atoms with van der Waals surface area (Å²) in [4.78, 5) is 16.6. The van der Waals surface area contributed by atoms with Crippen molar-refractivity contribution in [1.29, 1.82) is 5.26 Å². The van der Waals surface area contributed by atoms with Crippen molar-refractivity contribution in [2.45, 2.75) is 44.1 Å². The van der Waals surface area contributed by atoms with Gasteiger partial charge >= 0.3 is 5.95 Å². The average molecular weight is 505 g/mol. The molecular weight excluding hydrogens is 478 g/mol. The van der Waals surface area contributed by atoms with E-state index in [1.807, 2.05) is 30.3 Å². The molecule has 1 saturated carbocycles. The molecule has 0 radical (unpaired) electrons. The molecule has 5 rings (SSSR count). The zero-order chi connectivity index (χ0) is 25.4. The number of fused-ring (bicyclic) bond motifs is 1. The van der Waals surface area contributed by atoms with Crippen molar-refractivity contribution >= 4 is 39.0 Å². The first-order chi connectivity index (χ1) is 17.2. The Morgan fingerprint density at radius 1 is 1.17 bits per heavy atom. The Labute approximate surface area is 211 Å². The molecule has 1 aromatic carbocycles. The highest BCUT2D eigenvalue weighted by Gasteiger charge is 2.48. The van der Waals surface area contributed by atoms with E-state index < -0.39 is 29.8 Å². The second-order valence-electron chi connectivity index (χ2n) is 9.39. The third kappa shape index (κ3) is 4.72. The number of nitrogens with zero attached hydrogens (tertiary/aromatic N) is 4. The highest BCUT2D eigenvalue weighted by molar-refractivity contribution is 7.21. The molecule has 4 aromatic rings.